The van der Waals surface area contributed by atoms with Gasteiger partial charge in [0.15, 0.2) is 0 Å². The molecule has 3 rings (SSSR count). The molecule has 0 saturated carbocycles. The quantitative estimate of drug-likeness (QED) is 0.776. The highest BCUT2D eigenvalue weighted by atomic mass is 16.3. The van der Waals surface area contributed by atoms with Gasteiger partial charge in [-0.3, -0.25) is 0 Å². The second-order valence-corrected chi connectivity index (χ2v) is 7.23. The van der Waals surface area contributed by atoms with Crippen molar-refractivity contribution in [3.63, 3.8) is 0 Å². The summed E-state index contributed by atoms with van der Waals surface area (Å²) in [5, 5.41) is 13.6. The molecule has 0 spiro atoms. The Labute approximate surface area is 135 Å². The summed E-state index contributed by atoms with van der Waals surface area (Å²) in [5.41, 5.74) is 1.65. The zero-order valence-electron chi connectivity index (χ0n) is 14.2. The van der Waals surface area contributed by atoms with E-state index in [-0.39, 0.29) is 0 Å². The van der Waals surface area contributed by atoms with Crippen LogP contribution in [0.3, 0.4) is 0 Å². The summed E-state index contributed by atoms with van der Waals surface area (Å²) in [5.74, 6) is 1.26. The van der Waals surface area contributed by atoms with Crippen molar-refractivity contribution in [2.45, 2.75) is 76.9 Å². The topological polar surface area (TPSA) is 35.5 Å². The first kappa shape index (κ1) is 16.1. The zero-order chi connectivity index (χ0) is 15.5. The number of allylic oxidation sites excluding steroid dienone is 1. The predicted octanol–water partition coefficient (Wildman–Crippen LogP) is 3.78. The third kappa shape index (κ3) is 3.41. The average molecular weight is 304 g/mol. The summed E-state index contributed by atoms with van der Waals surface area (Å²) in [6, 6.07) is 1.92. The van der Waals surface area contributed by atoms with Crippen molar-refractivity contribution in [3.8, 4) is 0 Å². The van der Waals surface area contributed by atoms with Crippen LogP contribution in [0.15, 0.2) is 23.5 Å². The molecular weight excluding hydrogens is 272 g/mol. The molecule has 0 aromatic heterocycles. The molecule has 0 bridgehead atoms. The highest BCUT2D eigenvalue weighted by Crippen LogP contribution is 2.35. The Morgan fingerprint density at radius 3 is 2.64 bits per heavy atom. The molecule has 22 heavy (non-hydrogen) atoms. The molecule has 3 nitrogen and oxygen atoms in total. The van der Waals surface area contributed by atoms with E-state index in [4.69, 9.17) is 0 Å². The lowest BCUT2D eigenvalue weighted by atomic mass is 9.77. The number of piperidine rings is 1. The van der Waals surface area contributed by atoms with E-state index in [9.17, 15) is 5.11 Å². The van der Waals surface area contributed by atoms with Crippen LogP contribution in [-0.2, 0) is 0 Å². The first-order chi connectivity index (χ1) is 10.7. The van der Waals surface area contributed by atoms with Crippen LogP contribution in [0.1, 0.15) is 58.8 Å². The number of nitrogens with one attached hydrogen (secondary N) is 1. The van der Waals surface area contributed by atoms with Gasteiger partial charge < -0.3 is 15.3 Å². The molecule has 124 valence electrons. The lowest BCUT2D eigenvalue weighted by Crippen LogP contribution is -2.49. The highest BCUT2D eigenvalue weighted by molar-refractivity contribution is 5.18. The molecule has 0 aromatic carbocycles. The normalized spacial score (nSPS) is 35.8. The van der Waals surface area contributed by atoms with Crippen molar-refractivity contribution in [1.29, 1.82) is 0 Å². The molecule has 2 aliphatic carbocycles. The van der Waals surface area contributed by atoms with E-state index in [2.05, 4.69) is 30.1 Å². The molecule has 4 atom stereocenters. The van der Waals surface area contributed by atoms with Gasteiger partial charge in [-0.2, -0.15) is 0 Å². The summed E-state index contributed by atoms with van der Waals surface area (Å²) in [7, 11) is 0. The smallest absolute Gasteiger partial charge is 0.0886 e. The van der Waals surface area contributed by atoms with Gasteiger partial charge >= 0.3 is 0 Å². The molecule has 0 amide bonds. The van der Waals surface area contributed by atoms with E-state index in [0.29, 0.717) is 23.8 Å². The number of rotatable bonds is 4. The largest absolute Gasteiger partial charge is 0.513 e. The monoisotopic (exact) mass is 304 g/mol. The molecular formula is C19H32N2O. The van der Waals surface area contributed by atoms with Crippen molar-refractivity contribution in [2.75, 3.05) is 13.1 Å². The van der Waals surface area contributed by atoms with Crippen molar-refractivity contribution < 1.29 is 5.11 Å². The van der Waals surface area contributed by atoms with Gasteiger partial charge in [0.25, 0.3) is 0 Å². The van der Waals surface area contributed by atoms with Crippen LogP contribution in [-0.4, -0.2) is 41.2 Å². The summed E-state index contributed by atoms with van der Waals surface area (Å²) < 4.78 is 0. The Hall–Kier alpha value is -0.800. The van der Waals surface area contributed by atoms with E-state index in [1.807, 2.05) is 6.08 Å². The van der Waals surface area contributed by atoms with Crippen LogP contribution in [0.4, 0.5) is 0 Å². The molecule has 1 fully saturated rings. The van der Waals surface area contributed by atoms with Crippen molar-refractivity contribution in [3.05, 3.63) is 23.5 Å². The van der Waals surface area contributed by atoms with Crippen LogP contribution in [0.2, 0.25) is 0 Å². The van der Waals surface area contributed by atoms with Crippen LogP contribution < -0.4 is 5.32 Å². The maximum Gasteiger partial charge on any atom is 0.0886 e. The van der Waals surface area contributed by atoms with Gasteiger partial charge in [-0.05, 0) is 63.6 Å². The van der Waals surface area contributed by atoms with E-state index in [0.717, 1.165) is 18.9 Å². The zero-order valence-corrected chi connectivity index (χ0v) is 14.2. The Kier molecular flexibility index (Phi) is 5.25. The van der Waals surface area contributed by atoms with Gasteiger partial charge in [0.2, 0.25) is 0 Å². The Bertz CT molecular complexity index is 439. The van der Waals surface area contributed by atoms with Gasteiger partial charge in [0.1, 0.15) is 0 Å². The minimum Gasteiger partial charge on any atom is -0.513 e. The fraction of sp³-hybridized carbons (Fsp3) is 0.789. The van der Waals surface area contributed by atoms with Crippen LogP contribution in [0, 0.1) is 5.92 Å². The molecule has 0 aromatic rings. The SMILES string of the molecule is CCN(CC)C1CC=C(C2CCC3CC(O)=CCC3N2)CC1. The maximum absolute atomic E-state index is 9.71. The number of aliphatic hydroxyl groups is 1. The molecule has 3 heteroatoms. The van der Waals surface area contributed by atoms with E-state index in [1.54, 1.807) is 5.57 Å². The Morgan fingerprint density at radius 2 is 1.95 bits per heavy atom. The number of aliphatic hydroxyl groups excluding tert-OH is 1. The minimum absolute atomic E-state index is 0.580. The van der Waals surface area contributed by atoms with Gasteiger partial charge in [-0.15, -0.1) is 0 Å². The summed E-state index contributed by atoms with van der Waals surface area (Å²) >= 11 is 0. The predicted molar refractivity (Wildman–Crippen MR) is 92.0 cm³/mol. The summed E-state index contributed by atoms with van der Waals surface area (Å²) in [6.45, 7) is 6.90. The number of hydrogen-bond donors (Lipinski definition) is 2. The third-order valence-electron chi connectivity index (χ3n) is 6.08. The minimum atomic E-state index is 0.580. The van der Waals surface area contributed by atoms with Crippen LogP contribution in [0.25, 0.3) is 0 Å². The van der Waals surface area contributed by atoms with Gasteiger partial charge in [-0.1, -0.05) is 25.5 Å². The van der Waals surface area contributed by atoms with E-state index < -0.39 is 0 Å². The van der Waals surface area contributed by atoms with E-state index >= 15 is 0 Å². The second kappa shape index (κ2) is 7.18. The van der Waals surface area contributed by atoms with Crippen molar-refractivity contribution in [2.24, 2.45) is 5.92 Å². The molecule has 0 radical (unpaired) electrons. The first-order valence-corrected chi connectivity index (χ1v) is 9.28. The van der Waals surface area contributed by atoms with E-state index in [1.165, 1.54) is 45.2 Å². The standard InChI is InChI=1S/C19H32N2O/c1-3-21(4-2)16-8-5-14(6-9-16)18-11-7-15-13-17(22)10-12-19(15)20-18/h5,10,15-16,18-20,22H,3-4,6-9,11-13H2,1-2H3. The van der Waals surface area contributed by atoms with Crippen molar-refractivity contribution >= 4 is 0 Å². The molecule has 1 saturated heterocycles. The Morgan fingerprint density at radius 1 is 1.14 bits per heavy atom. The van der Waals surface area contributed by atoms with Crippen molar-refractivity contribution in [1.82, 2.24) is 10.2 Å². The number of fused-ring (bicyclic) bond motifs is 1. The maximum atomic E-state index is 9.71. The summed E-state index contributed by atoms with van der Waals surface area (Å²) in [4.78, 5) is 2.60. The van der Waals surface area contributed by atoms with Gasteiger partial charge in [0.05, 0.1) is 5.76 Å². The van der Waals surface area contributed by atoms with Gasteiger partial charge in [0, 0.05) is 24.5 Å². The Balaban J connectivity index is 1.57. The molecule has 1 heterocycles. The lowest BCUT2D eigenvalue weighted by Gasteiger charge is -2.41. The molecule has 2 N–H and O–H groups in total. The fourth-order valence-electron chi connectivity index (χ4n) is 4.70. The molecule has 1 aliphatic heterocycles. The number of hydrogen-bond acceptors (Lipinski definition) is 3. The molecule has 3 aliphatic rings. The average Bonchev–Trinajstić information content (AvgIpc) is 2.56. The van der Waals surface area contributed by atoms with Gasteiger partial charge in [-0.25, -0.2) is 0 Å². The fourth-order valence-corrected chi connectivity index (χ4v) is 4.70. The first-order valence-electron chi connectivity index (χ1n) is 9.28. The number of nitrogens with zero attached hydrogens (tertiary/aromatic N) is 1. The highest BCUT2D eigenvalue weighted by Gasteiger charge is 2.34. The van der Waals surface area contributed by atoms with Crippen LogP contribution in [0.5, 0.6) is 0 Å². The van der Waals surface area contributed by atoms with Crippen LogP contribution >= 0.6 is 0 Å². The molecule has 4 unspecified atom stereocenters. The second-order valence-electron chi connectivity index (χ2n) is 7.23. The lowest BCUT2D eigenvalue weighted by molar-refractivity contribution is 0.187. The summed E-state index contributed by atoms with van der Waals surface area (Å²) in [6.07, 6.45) is 12.7. The third-order valence-corrected chi connectivity index (χ3v) is 6.08.